The Balaban J connectivity index is 2.26. The van der Waals surface area contributed by atoms with Gasteiger partial charge in [-0.3, -0.25) is 9.59 Å². The highest BCUT2D eigenvalue weighted by molar-refractivity contribution is 7.17. The molecule has 0 aliphatic rings. The van der Waals surface area contributed by atoms with Crippen molar-refractivity contribution in [3.63, 3.8) is 0 Å². The largest absolute Gasteiger partial charge is 0.495 e. The molecule has 0 N–H and O–H groups in total. The highest BCUT2D eigenvalue weighted by Crippen LogP contribution is 2.33. The summed E-state index contributed by atoms with van der Waals surface area (Å²) in [4.78, 5) is 29.2. The molecule has 0 radical (unpaired) electrons. The van der Waals surface area contributed by atoms with Gasteiger partial charge in [0.05, 0.1) is 28.8 Å². The summed E-state index contributed by atoms with van der Waals surface area (Å²) >= 11 is 8.80. The molecule has 0 bridgehead atoms. The van der Waals surface area contributed by atoms with Crippen LogP contribution in [-0.2, 0) is 16.1 Å². The van der Waals surface area contributed by atoms with Crippen molar-refractivity contribution in [2.45, 2.75) is 6.54 Å². The molecule has 6 nitrogen and oxygen atoms in total. The molecule has 0 unspecified atom stereocenters. The van der Waals surface area contributed by atoms with Crippen LogP contribution in [-0.4, -0.2) is 30.7 Å². The standard InChI is InChI=1S/C16H13ClN2O4S2/c1-22-10-6-5-9(17)14-13(10)19(8-12(20)23-2)16(25-14)18-15(21)11-4-3-7-24-11/h3-7H,8H2,1-2H3. The minimum absolute atomic E-state index is 0.107. The van der Waals surface area contributed by atoms with Gasteiger partial charge in [0.2, 0.25) is 0 Å². The summed E-state index contributed by atoms with van der Waals surface area (Å²) in [5.41, 5.74) is 0.600. The molecular weight excluding hydrogens is 384 g/mol. The van der Waals surface area contributed by atoms with E-state index in [1.165, 1.54) is 36.9 Å². The number of amides is 1. The number of hydrogen-bond acceptors (Lipinski definition) is 6. The van der Waals surface area contributed by atoms with Crippen LogP contribution >= 0.6 is 34.3 Å². The monoisotopic (exact) mass is 396 g/mol. The van der Waals surface area contributed by atoms with Crippen LogP contribution in [0.5, 0.6) is 5.75 Å². The van der Waals surface area contributed by atoms with Crippen molar-refractivity contribution in [2.24, 2.45) is 4.99 Å². The second-order valence-corrected chi connectivity index (χ2v) is 7.20. The average Bonchev–Trinajstić information content (AvgIpc) is 3.25. The Kier molecular flexibility index (Phi) is 5.22. The Hall–Kier alpha value is -2.16. The number of ether oxygens (including phenoxy) is 2. The Morgan fingerprint density at radius 2 is 2.08 bits per heavy atom. The number of carbonyl (C=O) groups excluding carboxylic acids is 2. The van der Waals surface area contributed by atoms with Crippen molar-refractivity contribution in [1.29, 1.82) is 0 Å². The normalized spacial score (nSPS) is 11.7. The van der Waals surface area contributed by atoms with Crippen LogP contribution < -0.4 is 9.54 Å². The molecule has 9 heteroatoms. The number of nitrogens with zero attached hydrogens (tertiary/aromatic N) is 2. The maximum Gasteiger partial charge on any atom is 0.325 e. The highest BCUT2D eigenvalue weighted by atomic mass is 35.5. The van der Waals surface area contributed by atoms with Crippen molar-refractivity contribution >= 4 is 56.4 Å². The van der Waals surface area contributed by atoms with Crippen LogP contribution in [0.2, 0.25) is 5.02 Å². The number of thiophene rings is 1. The molecule has 0 aliphatic heterocycles. The number of fused-ring (bicyclic) bond motifs is 1. The van der Waals surface area contributed by atoms with Gasteiger partial charge in [-0.2, -0.15) is 4.99 Å². The first kappa shape index (κ1) is 17.7. The number of esters is 1. The molecule has 0 saturated carbocycles. The number of benzene rings is 1. The topological polar surface area (TPSA) is 69.9 Å². The fourth-order valence-electron chi connectivity index (χ4n) is 2.25. The molecule has 1 aromatic carbocycles. The van der Waals surface area contributed by atoms with E-state index in [4.69, 9.17) is 21.1 Å². The third kappa shape index (κ3) is 3.46. The van der Waals surface area contributed by atoms with E-state index in [2.05, 4.69) is 4.99 Å². The lowest BCUT2D eigenvalue weighted by molar-refractivity contribution is -0.141. The predicted molar refractivity (Wildman–Crippen MR) is 97.6 cm³/mol. The number of methoxy groups -OCH3 is 2. The summed E-state index contributed by atoms with van der Waals surface area (Å²) in [6.07, 6.45) is 0. The number of halogens is 1. The molecular formula is C16H13ClN2O4S2. The van der Waals surface area contributed by atoms with Crippen molar-refractivity contribution in [2.75, 3.05) is 14.2 Å². The second kappa shape index (κ2) is 7.38. The third-order valence-corrected chi connectivity index (χ3v) is 5.80. The second-order valence-electron chi connectivity index (χ2n) is 4.87. The van der Waals surface area contributed by atoms with Crippen molar-refractivity contribution < 1.29 is 19.1 Å². The first-order chi connectivity index (χ1) is 12.0. The Labute approximate surface area is 155 Å². The van der Waals surface area contributed by atoms with E-state index in [1.807, 2.05) is 0 Å². The van der Waals surface area contributed by atoms with Crippen LogP contribution in [0.4, 0.5) is 0 Å². The number of hydrogen-bond donors (Lipinski definition) is 0. The number of rotatable bonds is 4. The first-order valence-electron chi connectivity index (χ1n) is 7.10. The average molecular weight is 397 g/mol. The number of carbonyl (C=O) groups is 2. The lowest BCUT2D eigenvalue weighted by Crippen LogP contribution is -2.22. The summed E-state index contributed by atoms with van der Waals surface area (Å²) in [7, 11) is 2.83. The maximum absolute atomic E-state index is 12.4. The Morgan fingerprint density at radius 3 is 2.72 bits per heavy atom. The maximum atomic E-state index is 12.4. The van der Waals surface area contributed by atoms with E-state index in [0.29, 0.717) is 30.7 Å². The molecule has 25 heavy (non-hydrogen) atoms. The van der Waals surface area contributed by atoms with Gasteiger partial charge in [-0.05, 0) is 23.6 Å². The van der Waals surface area contributed by atoms with Gasteiger partial charge >= 0.3 is 5.97 Å². The smallest absolute Gasteiger partial charge is 0.325 e. The van der Waals surface area contributed by atoms with E-state index in [9.17, 15) is 9.59 Å². The molecule has 130 valence electrons. The molecule has 3 aromatic rings. The summed E-state index contributed by atoms with van der Waals surface area (Å²) in [5, 5.41) is 2.29. The van der Waals surface area contributed by atoms with Gasteiger partial charge in [-0.15, -0.1) is 11.3 Å². The molecule has 0 spiro atoms. The lowest BCUT2D eigenvalue weighted by atomic mass is 10.3. The minimum Gasteiger partial charge on any atom is -0.495 e. The van der Waals surface area contributed by atoms with Gasteiger partial charge in [-0.25, -0.2) is 0 Å². The van der Waals surface area contributed by atoms with Crippen molar-refractivity contribution in [3.8, 4) is 5.75 Å². The molecule has 0 fully saturated rings. The fraction of sp³-hybridized carbons (Fsp3) is 0.188. The third-order valence-electron chi connectivity index (χ3n) is 3.40. The van der Waals surface area contributed by atoms with E-state index < -0.39 is 5.97 Å². The van der Waals surface area contributed by atoms with Gasteiger partial charge in [0, 0.05) is 0 Å². The molecule has 3 rings (SSSR count). The summed E-state index contributed by atoms with van der Waals surface area (Å²) in [6, 6.07) is 6.88. The molecule has 0 atom stereocenters. The fourth-order valence-corrected chi connectivity index (χ4v) is 4.18. The zero-order chi connectivity index (χ0) is 18.0. The van der Waals surface area contributed by atoms with Gasteiger partial charge in [-0.1, -0.05) is 29.0 Å². The van der Waals surface area contributed by atoms with Crippen LogP contribution in [0.3, 0.4) is 0 Å². The first-order valence-corrected chi connectivity index (χ1v) is 9.17. The van der Waals surface area contributed by atoms with Gasteiger partial charge in [0.15, 0.2) is 4.80 Å². The number of aromatic nitrogens is 1. The zero-order valence-electron chi connectivity index (χ0n) is 13.3. The van der Waals surface area contributed by atoms with Crippen molar-refractivity contribution in [3.05, 3.63) is 44.3 Å². The van der Waals surface area contributed by atoms with Crippen LogP contribution in [0.25, 0.3) is 10.2 Å². The van der Waals surface area contributed by atoms with Crippen molar-refractivity contribution in [1.82, 2.24) is 4.57 Å². The molecule has 2 heterocycles. The molecule has 0 aliphatic carbocycles. The zero-order valence-corrected chi connectivity index (χ0v) is 15.7. The van der Waals surface area contributed by atoms with Gasteiger partial charge in [0.25, 0.3) is 5.91 Å². The predicted octanol–water partition coefficient (Wildman–Crippen LogP) is 3.34. The van der Waals surface area contributed by atoms with Crippen LogP contribution in [0.1, 0.15) is 9.67 Å². The van der Waals surface area contributed by atoms with Crippen LogP contribution in [0.15, 0.2) is 34.6 Å². The van der Waals surface area contributed by atoms with E-state index in [1.54, 1.807) is 34.2 Å². The molecule has 2 aromatic heterocycles. The molecule has 1 amide bonds. The van der Waals surface area contributed by atoms with Crippen LogP contribution in [0, 0.1) is 0 Å². The quantitative estimate of drug-likeness (QED) is 0.634. The van der Waals surface area contributed by atoms with E-state index in [-0.39, 0.29) is 12.5 Å². The summed E-state index contributed by atoms with van der Waals surface area (Å²) < 4.78 is 12.4. The lowest BCUT2D eigenvalue weighted by Gasteiger charge is -2.08. The van der Waals surface area contributed by atoms with E-state index in [0.717, 1.165) is 0 Å². The van der Waals surface area contributed by atoms with Gasteiger partial charge in [0.1, 0.15) is 17.8 Å². The molecule has 0 saturated heterocycles. The summed E-state index contributed by atoms with van der Waals surface area (Å²) in [6.45, 7) is -0.107. The Morgan fingerprint density at radius 1 is 1.28 bits per heavy atom. The highest BCUT2D eigenvalue weighted by Gasteiger charge is 2.18. The SMILES string of the molecule is COC(=O)Cn1c(=NC(=O)c2cccs2)sc2c(Cl)ccc(OC)c21. The van der Waals surface area contributed by atoms with Gasteiger partial charge < -0.3 is 14.0 Å². The Bertz CT molecular complexity index is 1010. The van der Waals surface area contributed by atoms with E-state index >= 15 is 0 Å². The minimum atomic E-state index is -0.466. The summed E-state index contributed by atoms with van der Waals surface area (Å²) in [5.74, 6) is -0.313. The number of thiazole rings is 1.